The zero-order valence-corrected chi connectivity index (χ0v) is 9.46. The Morgan fingerprint density at radius 3 is 2.69 bits per heavy atom. The van der Waals surface area contributed by atoms with Crippen LogP contribution in [-0.2, 0) is 6.54 Å². The molecule has 16 heavy (non-hydrogen) atoms. The molecule has 0 spiro atoms. The Morgan fingerprint density at radius 1 is 1.31 bits per heavy atom. The van der Waals surface area contributed by atoms with Crippen LogP contribution in [0.15, 0.2) is 30.7 Å². The van der Waals surface area contributed by atoms with Gasteiger partial charge < -0.3 is 5.32 Å². The second kappa shape index (κ2) is 4.85. The quantitative estimate of drug-likeness (QED) is 0.830. The number of aromatic nitrogens is 4. The molecule has 2 heterocycles. The van der Waals surface area contributed by atoms with Crippen molar-refractivity contribution in [1.29, 1.82) is 0 Å². The van der Waals surface area contributed by atoms with E-state index in [0.717, 1.165) is 18.1 Å². The van der Waals surface area contributed by atoms with Crippen molar-refractivity contribution in [2.45, 2.75) is 19.5 Å². The lowest BCUT2D eigenvalue weighted by Gasteiger charge is -2.15. The Balaban J connectivity index is 2.37. The molecule has 0 saturated heterocycles. The van der Waals surface area contributed by atoms with Crippen molar-refractivity contribution in [2.24, 2.45) is 0 Å². The summed E-state index contributed by atoms with van der Waals surface area (Å²) < 4.78 is 1.94. The van der Waals surface area contributed by atoms with Gasteiger partial charge in [0, 0.05) is 25.1 Å². The Bertz CT molecular complexity index is 437. The van der Waals surface area contributed by atoms with Gasteiger partial charge in [0.25, 0.3) is 0 Å². The minimum absolute atomic E-state index is 0.0105. The molecule has 1 atom stereocenters. The molecule has 0 amide bonds. The predicted molar refractivity (Wildman–Crippen MR) is 60.8 cm³/mol. The molecule has 84 valence electrons. The molecule has 2 rings (SSSR count). The summed E-state index contributed by atoms with van der Waals surface area (Å²) in [6.45, 7) is 2.91. The molecule has 1 N–H and O–H groups in total. The van der Waals surface area contributed by atoms with Crippen molar-refractivity contribution in [3.05, 3.63) is 42.2 Å². The third kappa shape index (κ3) is 1.94. The van der Waals surface area contributed by atoms with E-state index in [1.807, 2.05) is 23.9 Å². The van der Waals surface area contributed by atoms with Crippen molar-refractivity contribution >= 4 is 0 Å². The topological polar surface area (TPSA) is 55.6 Å². The number of hydrogen-bond donors (Lipinski definition) is 1. The average Bonchev–Trinajstić information content (AvgIpc) is 2.80. The van der Waals surface area contributed by atoms with Crippen molar-refractivity contribution in [2.75, 3.05) is 7.05 Å². The normalized spacial score (nSPS) is 12.6. The summed E-state index contributed by atoms with van der Waals surface area (Å²) >= 11 is 0. The van der Waals surface area contributed by atoms with Gasteiger partial charge in [0.1, 0.15) is 6.04 Å². The number of hydrogen-bond acceptors (Lipinski definition) is 4. The highest BCUT2D eigenvalue weighted by Crippen LogP contribution is 2.17. The number of aryl methyl sites for hydroxylation is 1. The van der Waals surface area contributed by atoms with E-state index >= 15 is 0 Å². The van der Waals surface area contributed by atoms with Gasteiger partial charge in [-0.2, -0.15) is 5.10 Å². The molecule has 0 radical (unpaired) electrons. The zero-order valence-electron chi connectivity index (χ0n) is 9.46. The fourth-order valence-electron chi connectivity index (χ4n) is 1.72. The summed E-state index contributed by atoms with van der Waals surface area (Å²) in [4.78, 5) is 8.53. The Labute approximate surface area is 94.5 Å². The predicted octanol–water partition coefficient (Wildman–Crippen LogP) is 1.00. The van der Waals surface area contributed by atoms with Crippen LogP contribution < -0.4 is 5.32 Å². The molecule has 5 heteroatoms. The Kier molecular flexibility index (Phi) is 3.26. The Morgan fingerprint density at radius 2 is 2.06 bits per heavy atom. The molecule has 5 nitrogen and oxygen atoms in total. The first kappa shape index (κ1) is 10.8. The van der Waals surface area contributed by atoms with Gasteiger partial charge in [0.05, 0.1) is 5.69 Å². The summed E-state index contributed by atoms with van der Waals surface area (Å²) in [5, 5.41) is 7.46. The van der Waals surface area contributed by atoms with Crippen LogP contribution in [0.4, 0.5) is 0 Å². The van der Waals surface area contributed by atoms with Gasteiger partial charge in [0.15, 0.2) is 5.82 Å². The van der Waals surface area contributed by atoms with E-state index in [9.17, 15) is 0 Å². The molecule has 0 aliphatic carbocycles. The molecule has 0 aliphatic heterocycles. The third-order valence-electron chi connectivity index (χ3n) is 2.48. The van der Waals surface area contributed by atoms with E-state index in [4.69, 9.17) is 0 Å². The lowest BCUT2D eigenvalue weighted by atomic mass is 10.2. The molecule has 0 bridgehead atoms. The van der Waals surface area contributed by atoms with E-state index < -0.39 is 0 Å². The first-order chi connectivity index (χ1) is 7.86. The molecule has 2 aromatic heterocycles. The van der Waals surface area contributed by atoms with Crippen LogP contribution >= 0.6 is 0 Å². The maximum atomic E-state index is 4.27. The molecule has 2 aromatic rings. The van der Waals surface area contributed by atoms with Crippen LogP contribution in [0.1, 0.15) is 24.5 Å². The average molecular weight is 217 g/mol. The smallest absolute Gasteiger partial charge is 0.151 e. The molecular formula is C11H15N5. The van der Waals surface area contributed by atoms with Crippen molar-refractivity contribution in [3.63, 3.8) is 0 Å². The first-order valence-electron chi connectivity index (χ1n) is 5.32. The van der Waals surface area contributed by atoms with Gasteiger partial charge in [-0.25, -0.2) is 9.97 Å². The lowest BCUT2D eigenvalue weighted by Crippen LogP contribution is -2.23. The summed E-state index contributed by atoms with van der Waals surface area (Å²) in [6, 6.07) is 3.79. The summed E-state index contributed by atoms with van der Waals surface area (Å²) in [6.07, 6.45) is 5.30. The highest BCUT2D eigenvalue weighted by atomic mass is 15.3. The molecule has 0 saturated carbocycles. The SMILES string of the molecule is CCn1nccc1C(NC)c1ncccn1. The number of rotatable bonds is 4. The first-order valence-corrected chi connectivity index (χ1v) is 5.32. The van der Waals surface area contributed by atoms with E-state index in [1.165, 1.54) is 0 Å². The fourth-order valence-corrected chi connectivity index (χ4v) is 1.72. The van der Waals surface area contributed by atoms with Gasteiger partial charge in [0.2, 0.25) is 0 Å². The number of nitrogens with zero attached hydrogens (tertiary/aromatic N) is 4. The summed E-state index contributed by atoms with van der Waals surface area (Å²) in [5.41, 5.74) is 1.08. The molecular weight excluding hydrogens is 202 g/mol. The monoisotopic (exact) mass is 217 g/mol. The van der Waals surface area contributed by atoms with Gasteiger partial charge >= 0.3 is 0 Å². The number of nitrogens with one attached hydrogen (secondary N) is 1. The van der Waals surface area contributed by atoms with Crippen molar-refractivity contribution in [3.8, 4) is 0 Å². The lowest BCUT2D eigenvalue weighted by molar-refractivity contribution is 0.546. The fraction of sp³-hybridized carbons (Fsp3) is 0.364. The molecule has 0 fully saturated rings. The zero-order chi connectivity index (χ0) is 11.4. The third-order valence-corrected chi connectivity index (χ3v) is 2.48. The van der Waals surface area contributed by atoms with Gasteiger partial charge in [-0.05, 0) is 26.1 Å². The van der Waals surface area contributed by atoms with Gasteiger partial charge in [-0.15, -0.1) is 0 Å². The van der Waals surface area contributed by atoms with E-state index in [0.29, 0.717) is 0 Å². The minimum atomic E-state index is -0.0105. The summed E-state index contributed by atoms with van der Waals surface area (Å²) in [7, 11) is 1.90. The largest absolute Gasteiger partial charge is 0.305 e. The van der Waals surface area contributed by atoms with Gasteiger partial charge in [-0.3, -0.25) is 4.68 Å². The van der Waals surface area contributed by atoms with Crippen molar-refractivity contribution in [1.82, 2.24) is 25.1 Å². The van der Waals surface area contributed by atoms with Crippen LogP contribution in [0, 0.1) is 0 Å². The van der Waals surface area contributed by atoms with E-state index in [1.54, 1.807) is 18.6 Å². The van der Waals surface area contributed by atoms with Crippen LogP contribution in [0.5, 0.6) is 0 Å². The highest BCUT2D eigenvalue weighted by Gasteiger charge is 2.17. The van der Waals surface area contributed by atoms with E-state index in [2.05, 4.69) is 27.3 Å². The van der Waals surface area contributed by atoms with Crippen molar-refractivity contribution < 1.29 is 0 Å². The van der Waals surface area contributed by atoms with E-state index in [-0.39, 0.29) is 6.04 Å². The molecule has 0 aromatic carbocycles. The maximum absolute atomic E-state index is 4.27. The molecule has 0 aliphatic rings. The minimum Gasteiger partial charge on any atom is -0.305 e. The van der Waals surface area contributed by atoms with Crippen LogP contribution in [0.25, 0.3) is 0 Å². The second-order valence-corrected chi connectivity index (χ2v) is 3.40. The van der Waals surface area contributed by atoms with Crippen LogP contribution in [-0.4, -0.2) is 26.8 Å². The second-order valence-electron chi connectivity index (χ2n) is 3.40. The maximum Gasteiger partial charge on any atom is 0.151 e. The van der Waals surface area contributed by atoms with Crippen LogP contribution in [0.3, 0.4) is 0 Å². The molecule has 1 unspecified atom stereocenters. The summed E-state index contributed by atoms with van der Waals surface area (Å²) in [5.74, 6) is 0.764. The highest BCUT2D eigenvalue weighted by molar-refractivity contribution is 5.16. The Hall–Kier alpha value is -1.75. The standard InChI is InChI=1S/C11H15N5/c1-3-16-9(5-8-15-16)10(12-2)11-13-6-4-7-14-11/h4-8,10,12H,3H2,1-2H3. The van der Waals surface area contributed by atoms with Gasteiger partial charge in [-0.1, -0.05) is 0 Å². The van der Waals surface area contributed by atoms with Crippen LogP contribution in [0.2, 0.25) is 0 Å².